The number of benzene rings is 1. The van der Waals surface area contributed by atoms with Gasteiger partial charge >= 0.3 is 11.9 Å². The Kier molecular flexibility index (Phi) is 7.71. The molecule has 2 atom stereocenters. The number of para-hydroxylation sites is 1. The van der Waals surface area contributed by atoms with Crippen molar-refractivity contribution in [3.8, 4) is 0 Å². The summed E-state index contributed by atoms with van der Waals surface area (Å²) in [5.74, 6) is -2.98. The minimum atomic E-state index is -1.04. The Balaban J connectivity index is 1.53. The van der Waals surface area contributed by atoms with Crippen molar-refractivity contribution in [3.63, 3.8) is 0 Å². The first kappa shape index (κ1) is 28.6. The molecule has 0 radical (unpaired) electrons. The molecule has 5 rings (SSSR count). The summed E-state index contributed by atoms with van der Waals surface area (Å²) in [6, 6.07) is 7.20. The highest BCUT2D eigenvalue weighted by Crippen LogP contribution is 2.56. The monoisotopic (exact) mass is 600 g/mol. The summed E-state index contributed by atoms with van der Waals surface area (Å²) >= 11 is 8.12. The average Bonchev–Trinajstić information content (AvgIpc) is 3.48. The van der Waals surface area contributed by atoms with Crippen LogP contribution in [0.2, 0.25) is 0 Å². The Bertz CT molecular complexity index is 1380. The minimum Gasteiger partial charge on any atom is -0.465 e. The zero-order chi connectivity index (χ0) is 28.9. The Morgan fingerprint density at radius 2 is 1.48 bits per heavy atom. The first-order valence-electron chi connectivity index (χ1n) is 12.9. The summed E-state index contributed by atoms with van der Waals surface area (Å²) in [7, 11) is 2.47. The van der Waals surface area contributed by atoms with E-state index in [1.54, 1.807) is 36.9 Å². The number of hydrogen-bond donors (Lipinski definition) is 0. The van der Waals surface area contributed by atoms with Gasteiger partial charge in [-0.05, 0) is 32.8 Å². The van der Waals surface area contributed by atoms with Crippen molar-refractivity contribution >= 4 is 81.5 Å². The molecule has 1 aromatic carbocycles. The van der Waals surface area contributed by atoms with Gasteiger partial charge in [0.2, 0.25) is 17.7 Å². The Hall–Kier alpha value is -2.96. The molecule has 0 bridgehead atoms. The second-order valence-corrected chi connectivity index (χ2v) is 13.1. The second kappa shape index (κ2) is 10.8. The predicted octanol–water partition coefficient (Wildman–Crippen LogP) is 4.06. The molecule has 4 aliphatic rings. The SMILES string of the molecule is COC(=O)C1=C(C(=O)OC)SC(=C2C(=S)C(C)(C)N(C(=O)CN3C(=O)[C@H]4CCCC[C@H]4C3=O)c3ccccc32)S1. The summed E-state index contributed by atoms with van der Waals surface area (Å²) in [6.07, 6.45) is 3.15. The van der Waals surface area contributed by atoms with E-state index < -0.39 is 23.4 Å². The van der Waals surface area contributed by atoms with Crippen LogP contribution in [0.1, 0.15) is 45.1 Å². The molecular formula is C28H28N2O7S3. The number of thioether (sulfide) groups is 2. The lowest BCUT2D eigenvalue weighted by Gasteiger charge is -2.45. The molecule has 3 amide bonds. The van der Waals surface area contributed by atoms with Gasteiger partial charge in [-0.3, -0.25) is 24.2 Å². The summed E-state index contributed by atoms with van der Waals surface area (Å²) in [4.78, 5) is 68.4. The molecule has 3 heterocycles. The number of esters is 2. The van der Waals surface area contributed by atoms with Crippen LogP contribution in [0.5, 0.6) is 0 Å². The maximum atomic E-state index is 13.9. The summed E-state index contributed by atoms with van der Waals surface area (Å²) < 4.78 is 10.4. The van der Waals surface area contributed by atoms with Crippen molar-refractivity contribution in [1.82, 2.24) is 4.90 Å². The zero-order valence-electron chi connectivity index (χ0n) is 22.5. The van der Waals surface area contributed by atoms with Gasteiger partial charge in [0.25, 0.3) is 0 Å². The number of carbonyl (C=O) groups excluding carboxylic acids is 5. The Morgan fingerprint density at radius 3 is 2.00 bits per heavy atom. The van der Waals surface area contributed by atoms with E-state index in [0.29, 0.717) is 38.8 Å². The van der Waals surface area contributed by atoms with Gasteiger partial charge in [0.1, 0.15) is 16.4 Å². The van der Waals surface area contributed by atoms with Crippen molar-refractivity contribution < 1.29 is 33.4 Å². The van der Waals surface area contributed by atoms with Crippen LogP contribution in [-0.4, -0.2) is 65.7 Å². The van der Waals surface area contributed by atoms with Crippen LogP contribution >= 0.6 is 35.7 Å². The molecule has 0 spiro atoms. The van der Waals surface area contributed by atoms with Crippen LogP contribution in [0, 0.1) is 11.8 Å². The number of hydrogen-bond acceptors (Lipinski definition) is 10. The number of ether oxygens (including phenoxy) is 2. The first-order chi connectivity index (χ1) is 19.0. The quantitative estimate of drug-likeness (QED) is 0.217. The summed E-state index contributed by atoms with van der Waals surface area (Å²) in [5.41, 5.74) is 0.771. The lowest BCUT2D eigenvalue weighted by Crippen LogP contribution is -2.58. The van der Waals surface area contributed by atoms with Crippen molar-refractivity contribution in [1.29, 1.82) is 0 Å². The van der Waals surface area contributed by atoms with E-state index in [1.807, 2.05) is 6.07 Å². The lowest BCUT2D eigenvalue weighted by atomic mass is 9.81. The average molecular weight is 601 g/mol. The molecule has 0 N–H and O–H groups in total. The van der Waals surface area contributed by atoms with Gasteiger partial charge in [0, 0.05) is 11.1 Å². The highest BCUT2D eigenvalue weighted by atomic mass is 32.2. The van der Waals surface area contributed by atoms with Crippen molar-refractivity contribution in [3.05, 3.63) is 43.9 Å². The number of fused-ring (bicyclic) bond motifs is 2. The third-order valence-electron chi connectivity index (χ3n) is 7.77. The minimum absolute atomic E-state index is 0.103. The van der Waals surface area contributed by atoms with E-state index in [4.69, 9.17) is 21.7 Å². The molecule has 1 aromatic rings. The molecular weight excluding hydrogens is 573 g/mol. The standard InChI is InChI=1S/C28H28N2O7S3/c1-28(2)22(38)19(27-39-20(25(34)36-3)21(40-27)26(35)37-4)16-11-7-8-12-17(16)30(28)18(31)13-29-23(32)14-9-5-6-10-15(14)24(29)33/h7-8,11-12,14-15H,5-6,9-10,13H2,1-4H3/t14-,15+. The number of anilines is 1. The molecule has 12 heteroatoms. The van der Waals surface area contributed by atoms with E-state index in [1.165, 1.54) is 14.2 Å². The Labute approximate surface area is 245 Å². The summed E-state index contributed by atoms with van der Waals surface area (Å²) in [5, 5.41) is 0. The number of likely N-dealkylation sites (tertiary alicyclic amines) is 1. The number of carbonyl (C=O) groups is 5. The van der Waals surface area contributed by atoms with E-state index in [9.17, 15) is 24.0 Å². The highest BCUT2D eigenvalue weighted by Gasteiger charge is 2.51. The van der Waals surface area contributed by atoms with E-state index in [-0.39, 0.29) is 40.0 Å². The largest absolute Gasteiger partial charge is 0.465 e. The third-order valence-corrected chi connectivity index (χ3v) is 11.0. The lowest BCUT2D eigenvalue weighted by molar-refractivity contribution is -0.143. The number of methoxy groups -OCH3 is 2. The molecule has 2 fully saturated rings. The molecule has 1 aliphatic carbocycles. The van der Waals surface area contributed by atoms with Crippen LogP contribution in [-0.2, 0) is 33.4 Å². The van der Waals surface area contributed by atoms with E-state index in [2.05, 4.69) is 0 Å². The van der Waals surface area contributed by atoms with Crippen molar-refractivity contribution in [2.75, 3.05) is 25.7 Å². The normalized spacial score (nSPS) is 23.9. The van der Waals surface area contributed by atoms with Crippen molar-refractivity contribution in [2.24, 2.45) is 11.8 Å². The van der Waals surface area contributed by atoms with E-state index >= 15 is 0 Å². The fourth-order valence-electron chi connectivity index (χ4n) is 5.81. The van der Waals surface area contributed by atoms with Crippen LogP contribution in [0.15, 0.2) is 38.3 Å². The number of rotatable bonds is 4. The van der Waals surface area contributed by atoms with Crippen LogP contribution in [0.3, 0.4) is 0 Å². The number of amides is 3. The van der Waals surface area contributed by atoms with Crippen LogP contribution < -0.4 is 4.90 Å². The fourth-order valence-corrected chi connectivity index (χ4v) is 8.84. The first-order valence-corrected chi connectivity index (χ1v) is 14.9. The zero-order valence-corrected chi connectivity index (χ0v) is 24.9. The van der Waals surface area contributed by atoms with E-state index in [0.717, 1.165) is 41.3 Å². The maximum absolute atomic E-state index is 13.9. The molecule has 1 saturated heterocycles. The smallest absolute Gasteiger partial charge is 0.346 e. The molecule has 3 aliphatic heterocycles. The molecule has 210 valence electrons. The van der Waals surface area contributed by atoms with Gasteiger partial charge in [-0.25, -0.2) is 9.59 Å². The molecule has 0 aromatic heterocycles. The number of imide groups is 1. The molecule has 40 heavy (non-hydrogen) atoms. The summed E-state index contributed by atoms with van der Waals surface area (Å²) in [6.45, 7) is 3.25. The number of nitrogens with zero attached hydrogens (tertiary/aromatic N) is 2. The third kappa shape index (κ3) is 4.50. The molecule has 0 unspecified atom stereocenters. The van der Waals surface area contributed by atoms with Crippen LogP contribution in [0.4, 0.5) is 5.69 Å². The molecule has 9 nitrogen and oxygen atoms in total. The van der Waals surface area contributed by atoms with Gasteiger partial charge in [0.15, 0.2) is 0 Å². The maximum Gasteiger partial charge on any atom is 0.346 e. The van der Waals surface area contributed by atoms with Gasteiger partial charge in [0.05, 0.1) is 46.4 Å². The highest BCUT2D eigenvalue weighted by molar-refractivity contribution is 8.29. The van der Waals surface area contributed by atoms with Gasteiger partial charge < -0.3 is 9.47 Å². The molecule has 1 saturated carbocycles. The van der Waals surface area contributed by atoms with Gasteiger partial charge in [-0.1, -0.05) is 66.8 Å². The van der Waals surface area contributed by atoms with Crippen molar-refractivity contribution in [2.45, 2.75) is 45.1 Å². The Morgan fingerprint density at radius 1 is 0.950 bits per heavy atom. The fraction of sp³-hybridized carbons (Fsp3) is 0.429. The number of thiocarbonyl (C=S) groups is 1. The van der Waals surface area contributed by atoms with Gasteiger partial charge in [-0.2, -0.15) is 0 Å². The topological polar surface area (TPSA) is 110 Å². The predicted molar refractivity (Wildman–Crippen MR) is 156 cm³/mol. The second-order valence-electron chi connectivity index (χ2n) is 10.4. The van der Waals surface area contributed by atoms with Crippen LogP contribution in [0.25, 0.3) is 5.57 Å². The van der Waals surface area contributed by atoms with Gasteiger partial charge in [-0.15, -0.1) is 0 Å².